The Balaban J connectivity index is 2.35. The highest BCUT2D eigenvalue weighted by Gasteiger charge is 2.09. The fourth-order valence-corrected chi connectivity index (χ4v) is 1.42. The topological polar surface area (TPSA) is 60.4 Å². The largest absolute Gasteiger partial charge is 0.465 e. The summed E-state index contributed by atoms with van der Waals surface area (Å²) in [6.07, 6.45) is -0.166. The Morgan fingerprint density at radius 3 is 2.33 bits per heavy atom. The molecule has 1 rings (SSSR count). The Morgan fingerprint density at radius 1 is 1.17 bits per heavy atom. The molecule has 5 heteroatoms. The predicted molar refractivity (Wildman–Crippen MR) is 66.7 cm³/mol. The lowest BCUT2D eigenvalue weighted by molar-refractivity contribution is -0.145. The van der Waals surface area contributed by atoms with Crippen molar-refractivity contribution >= 4 is 29.1 Å². The van der Waals surface area contributed by atoms with Crippen LogP contribution in [0.5, 0.6) is 0 Å². The number of benzene rings is 1. The highest BCUT2D eigenvalue weighted by atomic mass is 35.5. The van der Waals surface area contributed by atoms with Crippen molar-refractivity contribution in [3.05, 3.63) is 34.9 Å². The number of hydrogen-bond acceptors (Lipinski definition) is 4. The molecule has 0 heterocycles. The number of rotatable bonds is 6. The van der Waals surface area contributed by atoms with E-state index in [4.69, 9.17) is 16.3 Å². The van der Waals surface area contributed by atoms with Crippen molar-refractivity contribution in [1.29, 1.82) is 0 Å². The average Bonchev–Trinajstić information content (AvgIpc) is 2.28. The maximum absolute atomic E-state index is 11.7. The second-order valence-electron chi connectivity index (χ2n) is 3.78. The molecule has 0 fully saturated rings. The molecule has 0 saturated carbocycles. The molecule has 0 aliphatic carbocycles. The van der Waals surface area contributed by atoms with Crippen LogP contribution in [0.1, 0.15) is 30.1 Å². The Hall–Kier alpha value is -1.68. The first kappa shape index (κ1) is 14.4. The van der Waals surface area contributed by atoms with E-state index in [2.05, 4.69) is 0 Å². The maximum atomic E-state index is 11.7. The Kier molecular flexibility index (Phi) is 5.52. The van der Waals surface area contributed by atoms with E-state index in [1.807, 2.05) is 0 Å². The van der Waals surface area contributed by atoms with E-state index in [1.165, 1.54) is 6.92 Å². The third-order valence-electron chi connectivity index (χ3n) is 2.15. The highest BCUT2D eigenvalue weighted by molar-refractivity contribution is 6.30. The minimum absolute atomic E-state index is 0.0203. The van der Waals surface area contributed by atoms with Gasteiger partial charge >= 0.3 is 5.97 Å². The van der Waals surface area contributed by atoms with Crippen LogP contribution in [0, 0.1) is 0 Å². The van der Waals surface area contributed by atoms with Gasteiger partial charge in [0.2, 0.25) is 0 Å². The fraction of sp³-hybridized carbons (Fsp3) is 0.308. The Bertz CT molecular complexity index is 451. The Labute approximate surface area is 110 Å². The summed E-state index contributed by atoms with van der Waals surface area (Å²) in [6.45, 7) is 1.29. The number of carbonyl (C=O) groups excluding carboxylic acids is 3. The van der Waals surface area contributed by atoms with E-state index in [9.17, 15) is 14.4 Å². The van der Waals surface area contributed by atoms with E-state index < -0.39 is 5.97 Å². The van der Waals surface area contributed by atoms with E-state index in [0.717, 1.165) is 0 Å². The van der Waals surface area contributed by atoms with Crippen LogP contribution < -0.4 is 0 Å². The highest BCUT2D eigenvalue weighted by Crippen LogP contribution is 2.11. The molecule has 0 unspecified atom stereocenters. The van der Waals surface area contributed by atoms with Crippen LogP contribution in [-0.2, 0) is 14.3 Å². The van der Waals surface area contributed by atoms with Crippen LogP contribution >= 0.6 is 11.6 Å². The van der Waals surface area contributed by atoms with Gasteiger partial charge in [0, 0.05) is 17.0 Å². The molecule has 0 spiro atoms. The summed E-state index contributed by atoms with van der Waals surface area (Å²) in [5.41, 5.74) is 0.516. The van der Waals surface area contributed by atoms with Crippen LogP contribution in [0.3, 0.4) is 0 Å². The predicted octanol–water partition coefficient (Wildman–Crippen LogP) is 2.44. The van der Waals surface area contributed by atoms with Crippen LogP contribution in [0.15, 0.2) is 24.3 Å². The number of ether oxygens (including phenoxy) is 1. The number of esters is 1. The fourth-order valence-electron chi connectivity index (χ4n) is 1.29. The normalized spacial score (nSPS) is 9.89. The van der Waals surface area contributed by atoms with Crippen molar-refractivity contribution in [3.63, 3.8) is 0 Å². The molecule has 0 radical (unpaired) electrons. The zero-order valence-corrected chi connectivity index (χ0v) is 10.7. The van der Waals surface area contributed by atoms with Gasteiger partial charge in [0.05, 0.1) is 6.61 Å². The van der Waals surface area contributed by atoms with Crippen molar-refractivity contribution in [2.75, 3.05) is 6.61 Å². The molecule has 0 N–H and O–H groups in total. The number of hydrogen-bond donors (Lipinski definition) is 0. The maximum Gasteiger partial charge on any atom is 0.313 e. The molecule has 1 aromatic rings. The van der Waals surface area contributed by atoms with Crippen LogP contribution in [0.25, 0.3) is 0 Å². The van der Waals surface area contributed by atoms with Crippen LogP contribution in [0.2, 0.25) is 5.02 Å². The zero-order valence-electron chi connectivity index (χ0n) is 9.94. The van der Waals surface area contributed by atoms with Gasteiger partial charge in [-0.1, -0.05) is 11.6 Å². The number of Topliss-reactive ketones (excluding diaryl/α,β-unsaturated/α-hetero) is 2. The molecule has 0 amide bonds. The first-order valence-corrected chi connectivity index (χ1v) is 5.80. The van der Waals surface area contributed by atoms with Crippen molar-refractivity contribution in [2.45, 2.75) is 19.8 Å². The SMILES string of the molecule is CC(=O)CC(=O)OCCC(=O)c1ccc(Cl)cc1. The zero-order chi connectivity index (χ0) is 13.5. The molecule has 0 aliphatic heterocycles. The van der Waals surface area contributed by atoms with Gasteiger partial charge in [0.15, 0.2) is 5.78 Å². The van der Waals surface area contributed by atoms with Crippen LogP contribution in [-0.4, -0.2) is 24.1 Å². The summed E-state index contributed by atoms with van der Waals surface area (Å²) in [6, 6.07) is 6.47. The monoisotopic (exact) mass is 268 g/mol. The quantitative estimate of drug-likeness (QED) is 0.452. The molecular weight excluding hydrogens is 256 g/mol. The third kappa shape index (κ3) is 5.10. The van der Waals surface area contributed by atoms with E-state index >= 15 is 0 Å². The van der Waals surface area contributed by atoms with Gasteiger partial charge in [-0.15, -0.1) is 0 Å². The molecule has 0 aromatic heterocycles. The minimum Gasteiger partial charge on any atom is -0.465 e. The van der Waals surface area contributed by atoms with Gasteiger partial charge in [-0.05, 0) is 31.2 Å². The second-order valence-corrected chi connectivity index (χ2v) is 4.22. The standard InChI is InChI=1S/C13H13ClO4/c1-9(15)8-13(17)18-7-6-12(16)10-2-4-11(14)5-3-10/h2-5H,6-8H2,1H3. The van der Waals surface area contributed by atoms with E-state index in [1.54, 1.807) is 24.3 Å². The number of ketones is 2. The average molecular weight is 269 g/mol. The lowest BCUT2D eigenvalue weighted by Gasteiger charge is -2.03. The molecule has 0 atom stereocenters. The molecule has 96 valence electrons. The molecule has 0 saturated heterocycles. The lowest BCUT2D eigenvalue weighted by Crippen LogP contribution is -2.12. The summed E-state index contributed by atoms with van der Waals surface area (Å²) >= 11 is 5.70. The molecule has 0 bridgehead atoms. The first-order chi connectivity index (χ1) is 8.49. The third-order valence-corrected chi connectivity index (χ3v) is 2.40. The van der Waals surface area contributed by atoms with Gasteiger partial charge < -0.3 is 4.74 Å². The van der Waals surface area contributed by atoms with Crippen molar-refractivity contribution in [1.82, 2.24) is 0 Å². The van der Waals surface area contributed by atoms with Crippen molar-refractivity contribution in [2.24, 2.45) is 0 Å². The van der Waals surface area contributed by atoms with Gasteiger partial charge in [-0.25, -0.2) is 0 Å². The van der Waals surface area contributed by atoms with Gasteiger partial charge in [0.25, 0.3) is 0 Å². The van der Waals surface area contributed by atoms with Crippen molar-refractivity contribution in [3.8, 4) is 0 Å². The summed E-state index contributed by atoms with van der Waals surface area (Å²) in [5, 5.41) is 0.555. The Morgan fingerprint density at radius 2 is 1.78 bits per heavy atom. The first-order valence-electron chi connectivity index (χ1n) is 5.43. The van der Waals surface area contributed by atoms with Gasteiger partial charge in [-0.2, -0.15) is 0 Å². The van der Waals surface area contributed by atoms with E-state index in [-0.39, 0.29) is 31.0 Å². The molecule has 0 aliphatic rings. The summed E-state index contributed by atoms with van der Waals surface area (Å²) in [5.74, 6) is -1.00. The summed E-state index contributed by atoms with van der Waals surface area (Å²) in [7, 11) is 0. The molecular formula is C13H13ClO4. The lowest BCUT2D eigenvalue weighted by atomic mass is 10.1. The van der Waals surface area contributed by atoms with Gasteiger partial charge in [-0.3, -0.25) is 14.4 Å². The minimum atomic E-state index is -0.605. The summed E-state index contributed by atoms with van der Waals surface area (Å²) < 4.78 is 4.76. The number of halogens is 1. The molecule has 1 aromatic carbocycles. The second kappa shape index (κ2) is 6.91. The van der Waals surface area contributed by atoms with Crippen molar-refractivity contribution < 1.29 is 19.1 Å². The molecule has 18 heavy (non-hydrogen) atoms. The smallest absolute Gasteiger partial charge is 0.313 e. The molecule has 4 nitrogen and oxygen atoms in total. The summed E-state index contributed by atoms with van der Waals surface area (Å²) in [4.78, 5) is 33.3. The van der Waals surface area contributed by atoms with E-state index in [0.29, 0.717) is 10.6 Å². The van der Waals surface area contributed by atoms with Crippen LogP contribution in [0.4, 0.5) is 0 Å². The number of carbonyl (C=O) groups is 3. The van der Waals surface area contributed by atoms with Gasteiger partial charge in [0.1, 0.15) is 12.2 Å².